The van der Waals surface area contributed by atoms with Gasteiger partial charge < -0.3 is 9.80 Å². The molecule has 3 heteroatoms. The maximum Gasteiger partial charge on any atom is 0.253 e. The number of aryl methyl sites for hydroxylation is 1. The Labute approximate surface area is 121 Å². The molecule has 0 unspecified atom stereocenters. The lowest BCUT2D eigenvalue weighted by Crippen LogP contribution is -2.35. The number of hydrogen-bond donors (Lipinski definition) is 0. The van der Waals surface area contributed by atoms with E-state index >= 15 is 0 Å². The normalized spacial score (nSPS) is 20.8. The van der Waals surface area contributed by atoms with Gasteiger partial charge in [0.25, 0.3) is 5.91 Å². The molecule has 3 rings (SSSR count). The van der Waals surface area contributed by atoms with Crippen LogP contribution in [0.2, 0.25) is 0 Å². The second-order valence-corrected chi connectivity index (χ2v) is 6.26. The third-order valence-corrected chi connectivity index (χ3v) is 4.35. The Morgan fingerprint density at radius 1 is 1.20 bits per heavy atom. The van der Waals surface area contributed by atoms with E-state index < -0.39 is 0 Å². The van der Waals surface area contributed by atoms with Crippen molar-refractivity contribution < 1.29 is 4.79 Å². The van der Waals surface area contributed by atoms with Crippen molar-refractivity contribution in [2.24, 2.45) is 5.92 Å². The molecule has 0 radical (unpaired) electrons. The Morgan fingerprint density at radius 3 is 2.80 bits per heavy atom. The second kappa shape index (κ2) is 5.96. The predicted molar refractivity (Wildman–Crippen MR) is 80.9 cm³/mol. The van der Waals surface area contributed by atoms with Gasteiger partial charge in [0.15, 0.2) is 0 Å². The molecule has 3 nitrogen and oxygen atoms in total. The molecule has 1 heterocycles. The molecule has 0 spiro atoms. The summed E-state index contributed by atoms with van der Waals surface area (Å²) >= 11 is 0. The molecule has 1 aliphatic heterocycles. The number of carbonyl (C=O) groups excluding carboxylic acids is 1. The summed E-state index contributed by atoms with van der Waals surface area (Å²) in [5.41, 5.74) is 1.99. The molecule has 0 aromatic heterocycles. The summed E-state index contributed by atoms with van der Waals surface area (Å²) in [5, 5.41) is 0. The fourth-order valence-corrected chi connectivity index (χ4v) is 2.98. The lowest BCUT2D eigenvalue weighted by atomic mass is 10.1. The third-order valence-electron chi connectivity index (χ3n) is 4.35. The quantitative estimate of drug-likeness (QED) is 0.844. The SMILES string of the molecule is Cc1cccc(C(=O)N2CCCN(CC3CC3)CC2)c1. The van der Waals surface area contributed by atoms with E-state index in [0.29, 0.717) is 0 Å². The molecule has 2 fully saturated rings. The predicted octanol–water partition coefficient (Wildman–Crippen LogP) is 2.55. The molecule has 108 valence electrons. The van der Waals surface area contributed by atoms with E-state index in [1.807, 2.05) is 36.1 Å². The van der Waals surface area contributed by atoms with E-state index in [1.54, 1.807) is 0 Å². The average molecular weight is 272 g/mol. The maximum absolute atomic E-state index is 12.6. The fourth-order valence-electron chi connectivity index (χ4n) is 2.98. The van der Waals surface area contributed by atoms with Crippen molar-refractivity contribution in [1.82, 2.24) is 9.80 Å². The van der Waals surface area contributed by atoms with Gasteiger partial charge in [-0.3, -0.25) is 4.79 Å². The number of carbonyl (C=O) groups is 1. The Balaban J connectivity index is 1.60. The minimum absolute atomic E-state index is 0.196. The molecule has 1 aromatic carbocycles. The summed E-state index contributed by atoms with van der Waals surface area (Å²) < 4.78 is 0. The van der Waals surface area contributed by atoms with Crippen molar-refractivity contribution in [1.29, 1.82) is 0 Å². The zero-order valence-electron chi connectivity index (χ0n) is 12.3. The van der Waals surface area contributed by atoms with Crippen molar-refractivity contribution in [2.45, 2.75) is 26.2 Å². The summed E-state index contributed by atoms with van der Waals surface area (Å²) in [6, 6.07) is 7.94. The van der Waals surface area contributed by atoms with Crippen LogP contribution in [0.1, 0.15) is 35.2 Å². The Morgan fingerprint density at radius 2 is 2.05 bits per heavy atom. The minimum atomic E-state index is 0.196. The smallest absolute Gasteiger partial charge is 0.253 e. The van der Waals surface area contributed by atoms with Crippen LogP contribution in [-0.4, -0.2) is 48.4 Å². The van der Waals surface area contributed by atoms with Gasteiger partial charge in [-0.1, -0.05) is 17.7 Å². The molecule has 1 aromatic rings. The molecule has 2 aliphatic rings. The van der Waals surface area contributed by atoms with Crippen molar-refractivity contribution >= 4 is 5.91 Å². The molecular weight excluding hydrogens is 248 g/mol. The van der Waals surface area contributed by atoms with Gasteiger partial charge in [0.05, 0.1) is 0 Å². The molecule has 0 N–H and O–H groups in total. The molecule has 1 saturated carbocycles. The standard InChI is InChI=1S/C17H24N2O/c1-14-4-2-5-16(12-14)17(20)19-9-3-8-18(10-11-19)13-15-6-7-15/h2,4-5,12,15H,3,6-11,13H2,1H3. The van der Waals surface area contributed by atoms with Gasteiger partial charge in [0.2, 0.25) is 0 Å². The zero-order chi connectivity index (χ0) is 13.9. The van der Waals surface area contributed by atoms with E-state index in [4.69, 9.17) is 0 Å². The average Bonchev–Trinajstić information content (AvgIpc) is 3.26. The number of amides is 1. The molecular formula is C17H24N2O. The van der Waals surface area contributed by atoms with E-state index in [2.05, 4.69) is 4.90 Å². The van der Waals surface area contributed by atoms with Gasteiger partial charge in [0.1, 0.15) is 0 Å². The highest BCUT2D eigenvalue weighted by atomic mass is 16.2. The van der Waals surface area contributed by atoms with Crippen LogP contribution >= 0.6 is 0 Å². The van der Waals surface area contributed by atoms with Crippen LogP contribution in [0.25, 0.3) is 0 Å². The van der Waals surface area contributed by atoms with E-state index in [-0.39, 0.29) is 5.91 Å². The Hall–Kier alpha value is -1.35. The van der Waals surface area contributed by atoms with Crippen LogP contribution < -0.4 is 0 Å². The first-order valence-corrected chi connectivity index (χ1v) is 7.80. The zero-order valence-corrected chi connectivity index (χ0v) is 12.3. The van der Waals surface area contributed by atoms with Crippen LogP contribution in [0.4, 0.5) is 0 Å². The van der Waals surface area contributed by atoms with Crippen molar-refractivity contribution in [3.05, 3.63) is 35.4 Å². The largest absolute Gasteiger partial charge is 0.337 e. The first-order valence-electron chi connectivity index (χ1n) is 7.80. The molecule has 1 saturated heterocycles. The Kier molecular flexibility index (Phi) is 4.06. The van der Waals surface area contributed by atoms with E-state index in [1.165, 1.54) is 19.4 Å². The molecule has 1 amide bonds. The van der Waals surface area contributed by atoms with Crippen LogP contribution in [-0.2, 0) is 0 Å². The van der Waals surface area contributed by atoms with Crippen LogP contribution in [0.15, 0.2) is 24.3 Å². The Bertz CT molecular complexity index is 482. The first kappa shape index (κ1) is 13.6. The van der Waals surface area contributed by atoms with Crippen LogP contribution in [0.5, 0.6) is 0 Å². The van der Waals surface area contributed by atoms with E-state index in [0.717, 1.165) is 49.6 Å². The molecule has 20 heavy (non-hydrogen) atoms. The van der Waals surface area contributed by atoms with Gasteiger partial charge in [-0.15, -0.1) is 0 Å². The summed E-state index contributed by atoms with van der Waals surface area (Å²) in [6.07, 6.45) is 3.91. The molecule has 1 aliphatic carbocycles. The highest BCUT2D eigenvalue weighted by Crippen LogP contribution is 2.29. The topological polar surface area (TPSA) is 23.6 Å². The monoisotopic (exact) mass is 272 g/mol. The van der Waals surface area contributed by atoms with E-state index in [9.17, 15) is 4.79 Å². The van der Waals surface area contributed by atoms with Gasteiger partial charge >= 0.3 is 0 Å². The van der Waals surface area contributed by atoms with Gasteiger partial charge in [-0.05, 0) is 50.8 Å². The van der Waals surface area contributed by atoms with Crippen LogP contribution in [0.3, 0.4) is 0 Å². The third kappa shape index (κ3) is 3.40. The highest BCUT2D eigenvalue weighted by Gasteiger charge is 2.26. The summed E-state index contributed by atoms with van der Waals surface area (Å²) in [5.74, 6) is 1.14. The van der Waals surface area contributed by atoms with Crippen molar-refractivity contribution in [3.8, 4) is 0 Å². The summed E-state index contributed by atoms with van der Waals surface area (Å²) in [6.45, 7) is 7.23. The van der Waals surface area contributed by atoms with Crippen LogP contribution in [0, 0.1) is 12.8 Å². The first-order chi connectivity index (χ1) is 9.72. The number of rotatable bonds is 3. The van der Waals surface area contributed by atoms with Gasteiger partial charge in [-0.2, -0.15) is 0 Å². The highest BCUT2D eigenvalue weighted by molar-refractivity contribution is 5.94. The minimum Gasteiger partial charge on any atom is -0.337 e. The fraction of sp³-hybridized carbons (Fsp3) is 0.588. The van der Waals surface area contributed by atoms with Crippen molar-refractivity contribution in [3.63, 3.8) is 0 Å². The molecule has 0 atom stereocenters. The second-order valence-electron chi connectivity index (χ2n) is 6.26. The lowest BCUT2D eigenvalue weighted by Gasteiger charge is -2.22. The van der Waals surface area contributed by atoms with Gasteiger partial charge in [-0.25, -0.2) is 0 Å². The summed E-state index contributed by atoms with van der Waals surface area (Å²) in [4.78, 5) is 17.1. The lowest BCUT2D eigenvalue weighted by molar-refractivity contribution is 0.0761. The maximum atomic E-state index is 12.6. The number of benzene rings is 1. The number of nitrogens with zero attached hydrogens (tertiary/aromatic N) is 2. The van der Waals surface area contributed by atoms with Gasteiger partial charge in [0, 0.05) is 31.7 Å². The van der Waals surface area contributed by atoms with Crippen molar-refractivity contribution in [2.75, 3.05) is 32.7 Å². The number of hydrogen-bond acceptors (Lipinski definition) is 2. The molecule has 0 bridgehead atoms. The summed E-state index contributed by atoms with van der Waals surface area (Å²) in [7, 11) is 0.